The summed E-state index contributed by atoms with van der Waals surface area (Å²) in [5.41, 5.74) is 2.73. The van der Waals surface area contributed by atoms with Crippen LogP contribution >= 0.6 is 11.8 Å². The van der Waals surface area contributed by atoms with Crippen molar-refractivity contribution < 1.29 is 12.7 Å². The molecule has 1 aliphatic heterocycles. The lowest BCUT2D eigenvalue weighted by Crippen LogP contribution is -2.26. The molecule has 122 valence electrons. The fourth-order valence-electron chi connectivity index (χ4n) is 2.56. The van der Waals surface area contributed by atoms with Crippen molar-refractivity contribution in [2.24, 2.45) is 0 Å². The van der Waals surface area contributed by atoms with Crippen molar-refractivity contribution in [3.05, 3.63) is 48.0 Å². The Morgan fingerprint density at radius 3 is 2.52 bits per heavy atom. The molecule has 0 N–H and O–H groups in total. The first kappa shape index (κ1) is 16.4. The lowest BCUT2D eigenvalue weighted by molar-refractivity contribution is 0.319. The highest BCUT2D eigenvalue weighted by molar-refractivity contribution is 7.99. The molecule has 1 heterocycles. The first-order chi connectivity index (χ1) is 11.1. The molecule has 0 aromatic heterocycles. The van der Waals surface area contributed by atoms with Crippen LogP contribution in [0.4, 0.5) is 11.4 Å². The second-order valence-electron chi connectivity index (χ2n) is 5.32. The number of hydrogen-bond acceptors (Lipinski definition) is 5. The maximum Gasteiger partial charge on any atom is 0.288 e. The third-order valence-electron chi connectivity index (χ3n) is 3.61. The Hall–Kier alpha value is -1.50. The molecule has 1 aliphatic rings. The van der Waals surface area contributed by atoms with Gasteiger partial charge in [-0.25, -0.2) is 5.06 Å². The van der Waals surface area contributed by atoms with Crippen molar-refractivity contribution in [2.45, 2.75) is 36.5 Å². The number of hydrogen-bond donors (Lipinski definition) is 0. The van der Waals surface area contributed by atoms with E-state index in [2.05, 4.69) is 13.0 Å². The van der Waals surface area contributed by atoms with E-state index in [-0.39, 0.29) is 5.75 Å². The largest absolute Gasteiger partial charge is 0.288 e. The number of benzene rings is 2. The topological polar surface area (TPSA) is 46.6 Å². The summed E-state index contributed by atoms with van der Waals surface area (Å²) in [6.07, 6.45) is 1.41. The van der Waals surface area contributed by atoms with Gasteiger partial charge in [-0.05, 0) is 36.6 Å². The van der Waals surface area contributed by atoms with E-state index in [9.17, 15) is 8.42 Å². The monoisotopic (exact) mass is 349 g/mol. The molecule has 0 fully saturated rings. The average molecular weight is 349 g/mol. The predicted molar refractivity (Wildman–Crippen MR) is 93.7 cm³/mol. The third-order valence-corrected chi connectivity index (χ3v) is 6.14. The average Bonchev–Trinajstić information content (AvgIpc) is 2.54. The zero-order valence-corrected chi connectivity index (χ0v) is 14.8. The molecule has 0 bridgehead atoms. The van der Waals surface area contributed by atoms with E-state index >= 15 is 0 Å². The van der Waals surface area contributed by atoms with Crippen LogP contribution in [0.1, 0.15) is 25.8 Å². The van der Waals surface area contributed by atoms with E-state index in [1.54, 1.807) is 11.8 Å². The second kappa shape index (κ2) is 6.55. The molecule has 0 saturated heterocycles. The van der Waals surface area contributed by atoms with Gasteiger partial charge in [-0.15, -0.1) is 4.28 Å². The highest BCUT2D eigenvalue weighted by Gasteiger charge is 2.29. The first-order valence-electron chi connectivity index (χ1n) is 7.67. The SMILES string of the molecule is CCCS(=O)(=O)ON1c2ccccc2Sc2c(CC)cccc21. The number of nitrogens with zero attached hydrogens (tertiary/aromatic N) is 1. The van der Waals surface area contributed by atoms with Gasteiger partial charge in [0.25, 0.3) is 10.1 Å². The van der Waals surface area contributed by atoms with Crippen LogP contribution in [0.3, 0.4) is 0 Å². The van der Waals surface area contributed by atoms with Gasteiger partial charge in [0, 0.05) is 9.79 Å². The minimum absolute atomic E-state index is 0.00160. The summed E-state index contributed by atoms with van der Waals surface area (Å²) in [7, 11) is -3.62. The van der Waals surface area contributed by atoms with Crippen LogP contribution < -0.4 is 5.06 Å². The van der Waals surface area contributed by atoms with Gasteiger partial charge in [0.15, 0.2) is 0 Å². The number of aryl methyl sites for hydroxylation is 1. The highest BCUT2D eigenvalue weighted by Crippen LogP contribution is 2.49. The first-order valence-corrected chi connectivity index (χ1v) is 10.1. The standard InChI is InChI=1S/C17H19NO3S2/c1-3-12-23(19,20)21-18-14-9-5-6-11-16(14)22-17-13(4-2)8-7-10-15(17)18/h5-11H,3-4,12H2,1-2H3. The van der Waals surface area contributed by atoms with Crippen molar-refractivity contribution in [1.82, 2.24) is 0 Å². The van der Waals surface area contributed by atoms with Gasteiger partial charge < -0.3 is 0 Å². The molecule has 3 rings (SSSR count). The number of para-hydroxylation sites is 1. The van der Waals surface area contributed by atoms with Crippen molar-refractivity contribution in [3.8, 4) is 0 Å². The van der Waals surface area contributed by atoms with Gasteiger partial charge in [0.2, 0.25) is 0 Å². The summed E-state index contributed by atoms with van der Waals surface area (Å²) in [6, 6.07) is 13.6. The van der Waals surface area contributed by atoms with Gasteiger partial charge in [0.1, 0.15) is 0 Å². The fourth-order valence-corrected chi connectivity index (χ4v) is 4.74. The van der Waals surface area contributed by atoms with Crippen LogP contribution in [0.5, 0.6) is 0 Å². The summed E-state index contributed by atoms with van der Waals surface area (Å²) >= 11 is 1.66. The molecule has 0 atom stereocenters. The molecule has 0 saturated carbocycles. The summed E-state index contributed by atoms with van der Waals surface area (Å²) in [4.78, 5) is 2.05. The Morgan fingerprint density at radius 1 is 1.04 bits per heavy atom. The molecule has 0 aliphatic carbocycles. The molecule has 0 radical (unpaired) electrons. The molecule has 0 spiro atoms. The smallest absolute Gasteiger partial charge is 0.202 e. The molecule has 6 heteroatoms. The minimum atomic E-state index is -3.62. The lowest BCUT2D eigenvalue weighted by atomic mass is 10.1. The predicted octanol–water partition coefficient (Wildman–Crippen LogP) is 4.52. The van der Waals surface area contributed by atoms with Crippen LogP contribution in [0.15, 0.2) is 52.3 Å². The van der Waals surface area contributed by atoms with Crippen LogP contribution in [0.25, 0.3) is 0 Å². The Kier molecular flexibility index (Phi) is 4.66. The number of anilines is 2. The molecule has 23 heavy (non-hydrogen) atoms. The molecular formula is C17H19NO3S2. The van der Waals surface area contributed by atoms with Crippen molar-refractivity contribution in [3.63, 3.8) is 0 Å². The lowest BCUT2D eigenvalue weighted by Gasteiger charge is -2.31. The molecular weight excluding hydrogens is 330 g/mol. The van der Waals surface area contributed by atoms with Crippen molar-refractivity contribution >= 4 is 33.3 Å². The summed E-state index contributed by atoms with van der Waals surface area (Å²) in [5.74, 6) is 0.00160. The van der Waals surface area contributed by atoms with Crippen LogP contribution in [0, 0.1) is 0 Å². The van der Waals surface area contributed by atoms with Gasteiger partial charge in [-0.1, -0.05) is 49.9 Å². The second-order valence-corrected chi connectivity index (χ2v) is 8.04. The summed E-state index contributed by atoms with van der Waals surface area (Å²) < 4.78 is 29.9. The van der Waals surface area contributed by atoms with Crippen molar-refractivity contribution in [2.75, 3.05) is 10.8 Å². The van der Waals surface area contributed by atoms with E-state index in [1.165, 1.54) is 10.6 Å². The Bertz CT molecular complexity index is 818. The van der Waals surface area contributed by atoms with Crippen LogP contribution in [0.2, 0.25) is 0 Å². The normalized spacial score (nSPS) is 13.6. The van der Waals surface area contributed by atoms with Crippen LogP contribution in [-0.4, -0.2) is 14.2 Å². The van der Waals surface area contributed by atoms with Gasteiger partial charge >= 0.3 is 0 Å². The van der Waals surface area contributed by atoms with E-state index in [4.69, 9.17) is 4.28 Å². The Morgan fingerprint density at radius 2 is 1.78 bits per heavy atom. The van der Waals surface area contributed by atoms with Crippen LogP contribution in [-0.2, 0) is 20.8 Å². The summed E-state index contributed by atoms with van der Waals surface area (Å²) in [6.45, 7) is 3.92. The van der Waals surface area contributed by atoms with Crippen molar-refractivity contribution in [1.29, 1.82) is 0 Å². The molecule has 0 unspecified atom stereocenters. The maximum atomic E-state index is 12.2. The van der Waals surface area contributed by atoms with E-state index in [1.807, 2.05) is 43.3 Å². The van der Waals surface area contributed by atoms with E-state index < -0.39 is 10.1 Å². The van der Waals surface area contributed by atoms with E-state index in [0.717, 1.165) is 27.6 Å². The Balaban J connectivity index is 2.12. The zero-order chi connectivity index (χ0) is 16.4. The third kappa shape index (κ3) is 3.24. The molecule has 2 aromatic rings. The minimum Gasteiger partial charge on any atom is -0.202 e. The number of rotatable bonds is 5. The quantitative estimate of drug-likeness (QED) is 0.794. The van der Waals surface area contributed by atoms with Gasteiger partial charge in [-0.2, -0.15) is 8.42 Å². The zero-order valence-electron chi connectivity index (χ0n) is 13.2. The summed E-state index contributed by atoms with van der Waals surface area (Å²) in [5, 5.41) is 1.46. The molecule has 2 aromatic carbocycles. The maximum absolute atomic E-state index is 12.2. The van der Waals surface area contributed by atoms with Gasteiger partial charge in [0.05, 0.1) is 17.1 Å². The molecule has 4 nitrogen and oxygen atoms in total. The number of fused-ring (bicyclic) bond motifs is 2. The van der Waals surface area contributed by atoms with Gasteiger partial charge in [-0.3, -0.25) is 0 Å². The molecule has 0 amide bonds. The Labute approximate surface area is 141 Å². The fraction of sp³-hybridized carbons (Fsp3) is 0.294. The van der Waals surface area contributed by atoms with E-state index in [0.29, 0.717) is 6.42 Å². The highest BCUT2D eigenvalue weighted by atomic mass is 32.2.